The summed E-state index contributed by atoms with van der Waals surface area (Å²) in [5, 5.41) is 0. The summed E-state index contributed by atoms with van der Waals surface area (Å²) in [4.78, 5) is 0.241. The van der Waals surface area contributed by atoms with Crippen LogP contribution < -0.4 is 13.8 Å². The molecule has 1 aliphatic rings. The van der Waals surface area contributed by atoms with E-state index in [1.54, 1.807) is 48.5 Å². The Bertz CT molecular complexity index is 844. The van der Waals surface area contributed by atoms with E-state index in [0.717, 1.165) is 5.56 Å². The topological polar surface area (TPSA) is 55.8 Å². The predicted molar refractivity (Wildman–Crippen MR) is 93.3 cm³/mol. The first kappa shape index (κ1) is 16.4. The molecular formula is C18H19NO4S. The van der Waals surface area contributed by atoms with Gasteiger partial charge in [0.1, 0.15) is 13.2 Å². The monoisotopic (exact) mass is 345 g/mol. The summed E-state index contributed by atoms with van der Waals surface area (Å²) in [6, 6.07) is 11.9. The Labute approximate surface area is 142 Å². The minimum absolute atomic E-state index is 0.163. The Morgan fingerprint density at radius 3 is 2.42 bits per heavy atom. The van der Waals surface area contributed by atoms with Crippen LogP contribution in [0.3, 0.4) is 0 Å². The smallest absolute Gasteiger partial charge is 0.264 e. The molecule has 3 rings (SSSR count). The molecule has 2 aromatic rings. The number of hydrogen-bond acceptors (Lipinski definition) is 4. The second-order valence-electron chi connectivity index (χ2n) is 5.47. The van der Waals surface area contributed by atoms with Gasteiger partial charge in [-0.15, -0.1) is 6.58 Å². The Balaban J connectivity index is 2.03. The van der Waals surface area contributed by atoms with E-state index < -0.39 is 10.0 Å². The zero-order chi connectivity index (χ0) is 17.2. The first-order valence-corrected chi connectivity index (χ1v) is 9.06. The van der Waals surface area contributed by atoms with Crippen molar-refractivity contribution in [2.45, 2.75) is 11.8 Å². The van der Waals surface area contributed by atoms with Crippen molar-refractivity contribution in [2.75, 3.05) is 24.1 Å². The number of fused-ring (bicyclic) bond motifs is 1. The molecule has 0 aromatic heterocycles. The molecule has 5 nitrogen and oxygen atoms in total. The molecule has 0 bridgehead atoms. The lowest BCUT2D eigenvalue weighted by atomic mass is 10.2. The minimum atomic E-state index is -3.69. The van der Waals surface area contributed by atoms with Gasteiger partial charge >= 0.3 is 0 Å². The quantitative estimate of drug-likeness (QED) is 0.781. The summed E-state index contributed by atoms with van der Waals surface area (Å²) >= 11 is 0. The molecule has 0 aliphatic carbocycles. The van der Waals surface area contributed by atoms with Crippen LogP contribution in [0.2, 0.25) is 0 Å². The molecule has 0 radical (unpaired) electrons. The molecule has 126 valence electrons. The molecule has 0 saturated heterocycles. The van der Waals surface area contributed by atoms with E-state index in [9.17, 15) is 8.42 Å². The van der Waals surface area contributed by atoms with Crippen molar-refractivity contribution in [3.63, 3.8) is 0 Å². The van der Waals surface area contributed by atoms with Crippen LogP contribution >= 0.6 is 0 Å². The molecule has 0 fully saturated rings. The molecule has 0 amide bonds. The van der Waals surface area contributed by atoms with Crippen LogP contribution in [0.5, 0.6) is 11.5 Å². The van der Waals surface area contributed by atoms with Crippen molar-refractivity contribution in [3.05, 3.63) is 60.7 Å². The van der Waals surface area contributed by atoms with Crippen molar-refractivity contribution in [1.29, 1.82) is 0 Å². The second kappa shape index (κ2) is 6.57. The van der Waals surface area contributed by atoms with Gasteiger partial charge in [-0.25, -0.2) is 8.42 Å². The molecule has 0 N–H and O–H groups in total. The standard InChI is InChI=1S/C18H19NO4S/c1-3-10-19(24(20,21)16-7-4-14(2)5-8-16)15-6-9-17-18(13-15)23-12-11-22-17/h3-9,13H,1,10-12H2,2H3. The van der Waals surface area contributed by atoms with E-state index in [1.807, 2.05) is 6.92 Å². The summed E-state index contributed by atoms with van der Waals surface area (Å²) in [7, 11) is -3.69. The van der Waals surface area contributed by atoms with E-state index in [1.165, 1.54) is 4.31 Å². The normalized spacial score (nSPS) is 13.4. The van der Waals surface area contributed by atoms with Gasteiger partial charge in [0, 0.05) is 6.07 Å². The van der Waals surface area contributed by atoms with Gasteiger partial charge in [0.25, 0.3) is 10.0 Å². The summed E-state index contributed by atoms with van der Waals surface area (Å²) in [6.07, 6.45) is 1.56. The van der Waals surface area contributed by atoms with Gasteiger partial charge in [0.15, 0.2) is 11.5 Å². The maximum Gasteiger partial charge on any atom is 0.264 e. The highest BCUT2D eigenvalue weighted by Gasteiger charge is 2.25. The van der Waals surface area contributed by atoms with Gasteiger partial charge in [-0.05, 0) is 31.2 Å². The number of nitrogens with zero attached hydrogens (tertiary/aromatic N) is 1. The lowest BCUT2D eigenvalue weighted by molar-refractivity contribution is 0.171. The van der Waals surface area contributed by atoms with Crippen molar-refractivity contribution in [2.24, 2.45) is 0 Å². The molecule has 6 heteroatoms. The van der Waals surface area contributed by atoms with E-state index >= 15 is 0 Å². The molecule has 0 unspecified atom stereocenters. The summed E-state index contributed by atoms with van der Waals surface area (Å²) < 4.78 is 38.4. The number of benzene rings is 2. The number of hydrogen-bond donors (Lipinski definition) is 0. The lowest BCUT2D eigenvalue weighted by Crippen LogP contribution is -2.31. The molecule has 1 heterocycles. The van der Waals surface area contributed by atoms with Crippen LogP contribution in [0.4, 0.5) is 5.69 Å². The molecule has 0 spiro atoms. The van der Waals surface area contributed by atoms with E-state index in [0.29, 0.717) is 30.4 Å². The largest absolute Gasteiger partial charge is 0.486 e. The molecule has 24 heavy (non-hydrogen) atoms. The van der Waals surface area contributed by atoms with Gasteiger partial charge in [-0.1, -0.05) is 23.8 Å². The van der Waals surface area contributed by atoms with Gasteiger partial charge in [-0.3, -0.25) is 4.31 Å². The number of ether oxygens (including phenoxy) is 2. The van der Waals surface area contributed by atoms with Gasteiger partial charge in [0.05, 0.1) is 17.1 Å². The van der Waals surface area contributed by atoms with Crippen molar-refractivity contribution in [1.82, 2.24) is 0 Å². The zero-order valence-electron chi connectivity index (χ0n) is 13.4. The summed E-state index contributed by atoms with van der Waals surface area (Å²) in [6.45, 7) is 6.69. The van der Waals surface area contributed by atoms with E-state index in [-0.39, 0.29) is 11.4 Å². The lowest BCUT2D eigenvalue weighted by Gasteiger charge is -2.25. The number of aryl methyl sites for hydroxylation is 1. The Morgan fingerprint density at radius 2 is 1.75 bits per heavy atom. The summed E-state index contributed by atoms with van der Waals surface area (Å²) in [5.41, 5.74) is 1.52. The molecular weight excluding hydrogens is 326 g/mol. The molecule has 2 aromatic carbocycles. The third kappa shape index (κ3) is 3.10. The maximum atomic E-state index is 13.0. The first-order valence-electron chi connectivity index (χ1n) is 7.62. The average Bonchev–Trinajstić information content (AvgIpc) is 2.59. The highest BCUT2D eigenvalue weighted by Crippen LogP contribution is 2.35. The Hall–Kier alpha value is -2.47. The number of anilines is 1. The van der Waals surface area contributed by atoms with Crippen LogP contribution in [0.15, 0.2) is 60.0 Å². The molecule has 0 atom stereocenters. The number of sulfonamides is 1. The Kier molecular flexibility index (Phi) is 4.49. The van der Waals surface area contributed by atoms with Crippen molar-refractivity contribution >= 4 is 15.7 Å². The van der Waals surface area contributed by atoms with Gasteiger partial charge < -0.3 is 9.47 Å². The Morgan fingerprint density at radius 1 is 1.08 bits per heavy atom. The fourth-order valence-corrected chi connectivity index (χ4v) is 3.91. The van der Waals surface area contributed by atoms with Crippen molar-refractivity contribution < 1.29 is 17.9 Å². The minimum Gasteiger partial charge on any atom is -0.486 e. The highest BCUT2D eigenvalue weighted by atomic mass is 32.2. The van der Waals surface area contributed by atoms with Crippen LogP contribution in [-0.2, 0) is 10.0 Å². The van der Waals surface area contributed by atoms with E-state index in [4.69, 9.17) is 9.47 Å². The SMILES string of the molecule is C=CCN(c1ccc2c(c1)OCCO2)S(=O)(=O)c1ccc(C)cc1. The second-order valence-corrected chi connectivity index (χ2v) is 7.33. The fraction of sp³-hybridized carbons (Fsp3) is 0.222. The average molecular weight is 345 g/mol. The maximum absolute atomic E-state index is 13.0. The third-order valence-electron chi connectivity index (χ3n) is 3.72. The predicted octanol–water partition coefficient (Wildman–Crippen LogP) is 3.15. The molecule has 0 saturated carbocycles. The number of rotatable bonds is 5. The fourth-order valence-electron chi connectivity index (χ4n) is 2.48. The summed E-state index contributed by atoms with van der Waals surface area (Å²) in [5.74, 6) is 1.17. The van der Waals surface area contributed by atoms with Crippen LogP contribution in [-0.4, -0.2) is 28.2 Å². The van der Waals surface area contributed by atoms with Crippen LogP contribution in [0.1, 0.15) is 5.56 Å². The first-order chi connectivity index (χ1) is 11.5. The zero-order valence-corrected chi connectivity index (χ0v) is 14.3. The van der Waals surface area contributed by atoms with Gasteiger partial charge in [0.2, 0.25) is 0 Å². The highest BCUT2D eigenvalue weighted by molar-refractivity contribution is 7.92. The third-order valence-corrected chi connectivity index (χ3v) is 5.53. The van der Waals surface area contributed by atoms with Crippen molar-refractivity contribution in [3.8, 4) is 11.5 Å². The van der Waals surface area contributed by atoms with Crippen LogP contribution in [0.25, 0.3) is 0 Å². The van der Waals surface area contributed by atoms with E-state index in [2.05, 4.69) is 6.58 Å². The molecule has 1 aliphatic heterocycles. The van der Waals surface area contributed by atoms with Crippen LogP contribution in [0, 0.1) is 6.92 Å². The van der Waals surface area contributed by atoms with Gasteiger partial charge in [-0.2, -0.15) is 0 Å².